The molecule has 128 valence electrons. The van der Waals surface area contributed by atoms with Crippen LogP contribution >= 0.6 is 0 Å². The number of nitrogens with zero attached hydrogens (tertiary/aromatic N) is 3. The number of benzene rings is 1. The average Bonchev–Trinajstić information content (AvgIpc) is 3.10. The van der Waals surface area contributed by atoms with Crippen molar-refractivity contribution >= 4 is 12.3 Å². The van der Waals surface area contributed by atoms with E-state index in [1.807, 2.05) is 18.2 Å². The summed E-state index contributed by atoms with van der Waals surface area (Å²) >= 11 is 0. The van der Waals surface area contributed by atoms with Gasteiger partial charge in [-0.2, -0.15) is 5.11 Å². The number of ether oxygens (including phenoxy) is 1. The number of carbonyl (C=O) groups excluding carboxylic acids is 1. The highest BCUT2D eigenvalue weighted by molar-refractivity contribution is 5.73. The summed E-state index contributed by atoms with van der Waals surface area (Å²) in [6.07, 6.45) is 8.54. The topological polar surface area (TPSA) is 75.4 Å². The molecule has 0 radical (unpaired) electrons. The summed E-state index contributed by atoms with van der Waals surface area (Å²) in [5, 5.41) is 14.7. The number of rotatable bonds is 6. The van der Waals surface area contributed by atoms with E-state index in [0.29, 0.717) is 6.42 Å². The van der Waals surface area contributed by atoms with E-state index in [-0.39, 0.29) is 18.7 Å². The Morgan fingerprint density at radius 2 is 2.00 bits per heavy atom. The monoisotopic (exact) mass is 328 g/mol. The zero-order chi connectivity index (χ0) is 16.7. The Morgan fingerprint density at radius 3 is 2.71 bits per heavy atom. The fraction of sp³-hybridized carbons (Fsp3) is 0.556. The SMILES string of the molecule is O=C(NC1CCCCC1)OCC1(CCc2ccccc2)C=NN=N1. The van der Waals surface area contributed by atoms with E-state index >= 15 is 0 Å². The summed E-state index contributed by atoms with van der Waals surface area (Å²) in [5.41, 5.74) is 0.582. The van der Waals surface area contributed by atoms with E-state index in [4.69, 9.17) is 4.74 Å². The molecular weight excluding hydrogens is 304 g/mol. The second-order valence-corrected chi connectivity index (χ2v) is 6.58. The quantitative estimate of drug-likeness (QED) is 0.860. The van der Waals surface area contributed by atoms with Gasteiger partial charge in [0, 0.05) is 6.04 Å². The van der Waals surface area contributed by atoms with Crippen LogP contribution in [0.4, 0.5) is 4.79 Å². The second kappa shape index (κ2) is 8.04. The first-order chi connectivity index (χ1) is 11.8. The highest BCUT2D eigenvalue weighted by Gasteiger charge is 2.33. The predicted molar refractivity (Wildman–Crippen MR) is 92.2 cm³/mol. The van der Waals surface area contributed by atoms with Crippen LogP contribution in [-0.2, 0) is 11.2 Å². The Labute approximate surface area is 142 Å². The molecule has 1 aliphatic heterocycles. The number of aryl methyl sites for hydroxylation is 1. The molecule has 2 aliphatic rings. The highest BCUT2D eigenvalue weighted by Crippen LogP contribution is 2.23. The fourth-order valence-electron chi connectivity index (χ4n) is 3.18. The van der Waals surface area contributed by atoms with Crippen LogP contribution in [0, 0.1) is 0 Å². The first-order valence-electron chi connectivity index (χ1n) is 8.69. The van der Waals surface area contributed by atoms with Gasteiger partial charge in [0.2, 0.25) is 0 Å². The van der Waals surface area contributed by atoms with Crippen LogP contribution in [0.1, 0.15) is 44.1 Å². The summed E-state index contributed by atoms with van der Waals surface area (Å²) < 4.78 is 5.43. The third-order valence-electron chi connectivity index (χ3n) is 4.66. The maximum atomic E-state index is 12.0. The minimum absolute atomic E-state index is 0.172. The zero-order valence-corrected chi connectivity index (χ0v) is 13.9. The Bertz CT molecular complexity index is 582. The Kier molecular flexibility index (Phi) is 5.56. The lowest BCUT2D eigenvalue weighted by Crippen LogP contribution is -2.40. The smallest absolute Gasteiger partial charge is 0.407 e. The summed E-state index contributed by atoms with van der Waals surface area (Å²) in [6, 6.07) is 10.4. The molecule has 1 N–H and O–H groups in total. The largest absolute Gasteiger partial charge is 0.446 e. The van der Waals surface area contributed by atoms with Crippen molar-refractivity contribution in [3.05, 3.63) is 35.9 Å². The molecule has 1 aliphatic carbocycles. The molecule has 24 heavy (non-hydrogen) atoms. The number of hydrogen-bond acceptors (Lipinski definition) is 5. The van der Waals surface area contributed by atoms with Crippen molar-refractivity contribution in [1.29, 1.82) is 0 Å². The molecular formula is C18H24N4O2. The average molecular weight is 328 g/mol. The summed E-state index contributed by atoms with van der Waals surface area (Å²) in [5.74, 6) is 0. The van der Waals surface area contributed by atoms with Crippen molar-refractivity contribution in [3.8, 4) is 0 Å². The number of alkyl carbamates (subject to hydrolysis) is 1. The number of carbonyl (C=O) groups is 1. The van der Waals surface area contributed by atoms with Crippen LogP contribution in [0.3, 0.4) is 0 Å². The van der Waals surface area contributed by atoms with E-state index in [1.165, 1.54) is 24.8 Å². The molecule has 1 atom stereocenters. The molecule has 6 heteroatoms. The Balaban J connectivity index is 1.49. The van der Waals surface area contributed by atoms with E-state index in [0.717, 1.165) is 19.3 Å². The molecule has 1 amide bonds. The minimum atomic E-state index is -0.639. The molecule has 1 heterocycles. The van der Waals surface area contributed by atoms with Gasteiger partial charge in [-0.1, -0.05) is 49.6 Å². The Morgan fingerprint density at radius 1 is 1.21 bits per heavy atom. The van der Waals surface area contributed by atoms with Crippen molar-refractivity contribution in [1.82, 2.24) is 5.32 Å². The molecule has 3 rings (SSSR count). The highest BCUT2D eigenvalue weighted by atomic mass is 16.5. The van der Waals surface area contributed by atoms with Gasteiger partial charge in [-0.3, -0.25) is 0 Å². The van der Waals surface area contributed by atoms with Gasteiger partial charge in [-0.25, -0.2) is 4.79 Å². The summed E-state index contributed by atoms with van der Waals surface area (Å²) in [4.78, 5) is 12.0. The van der Waals surface area contributed by atoms with Crippen LogP contribution in [0.2, 0.25) is 0 Å². The van der Waals surface area contributed by atoms with Gasteiger partial charge in [-0.05, 0) is 36.5 Å². The van der Waals surface area contributed by atoms with E-state index in [2.05, 4.69) is 32.9 Å². The van der Waals surface area contributed by atoms with Crippen molar-refractivity contribution in [2.45, 2.75) is 56.5 Å². The first-order valence-corrected chi connectivity index (χ1v) is 8.69. The van der Waals surface area contributed by atoms with Crippen LogP contribution in [0.25, 0.3) is 0 Å². The molecule has 0 spiro atoms. The number of amides is 1. The van der Waals surface area contributed by atoms with Crippen LogP contribution in [0.15, 0.2) is 45.8 Å². The van der Waals surface area contributed by atoms with Gasteiger partial charge >= 0.3 is 6.09 Å². The minimum Gasteiger partial charge on any atom is -0.446 e. The normalized spacial score (nSPS) is 23.3. The van der Waals surface area contributed by atoms with Crippen molar-refractivity contribution in [3.63, 3.8) is 0 Å². The van der Waals surface area contributed by atoms with E-state index in [1.54, 1.807) is 6.21 Å². The van der Waals surface area contributed by atoms with Gasteiger partial charge < -0.3 is 10.1 Å². The number of hydrogen-bond donors (Lipinski definition) is 1. The number of nitrogens with one attached hydrogen (secondary N) is 1. The summed E-state index contributed by atoms with van der Waals surface area (Å²) in [6.45, 7) is 0.172. The van der Waals surface area contributed by atoms with Crippen molar-refractivity contribution in [2.24, 2.45) is 15.4 Å². The molecule has 6 nitrogen and oxygen atoms in total. The molecule has 0 aromatic heterocycles. The lowest BCUT2D eigenvalue weighted by atomic mass is 9.94. The van der Waals surface area contributed by atoms with Crippen LogP contribution < -0.4 is 5.32 Å². The van der Waals surface area contributed by atoms with E-state index in [9.17, 15) is 4.79 Å². The van der Waals surface area contributed by atoms with Crippen LogP contribution in [-0.4, -0.2) is 30.5 Å². The Hall–Kier alpha value is -2.24. The van der Waals surface area contributed by atoms with Gasteiger partial charge in [-0.15, -0.1) is 5.10 Å². The summed E-state index contributed by atoms with van der Waals surface area (Å²) in [7, 11) is 0. The first kappa shape index (κ1) is 16.6. The fourth-order valence-corrected chi connectivity index (χ4v) is 3.18. The second-order valence-electron chi connectivity index (χ2n) is 6.58. The molecule has 1 aromatic rings. The molecule has 1 aromatic carbocycles. The van der Waals surface area contributed by atoms with Gasteiger partial charge in [0.25, 0.3) is 0 Å². The van der Waals surface area contributed by atoms with Gasteiger partial charge in [0.05, 0.1) is 6.21 Å². The van der Waals surface area contributed by atoms with Crippen molar-refractivity contribution in [2.75, 3.05) is 6.61 Å². The third kappa shape index (κ3) is 4.63. The zero-order valence-electron chi connectivity index (χ0n) is 13.9. The third-order valence-corrected chi connectivity index (χ3v) is 4.66. The molecule has 0 saturated heterocycles. The lowest BCUT2D eigenvalue weighted by molar-refractivity contribution is 0.124. The molecule has 1 saturated carbocycles. The maximum absolute atomic E-state index is 12.0. The van der Waals surface area contributed by atoms with Gasteiger partial charge in [0.1, 0.15) is 6.61 Å². The molecule has 1 unspecified atom stereocenters. The standard InChI is InChI=1S/C18H24N4O2/c23-17(20-16-9-5-2-6-10-16)24-14-18(13-19-22-21-18)12-11-15-7-3-1-4-8-15/h1,3-4,7-8,13,16H,2,5-6,9-12,14H2,(H,20,23). The van der Waals surface area contributed by atoms with Gasteiger partial charge in [0.15, 0.2) is 5.54 Å². The predicted octanol–water partition coefficient (Wildman–Crippen LogP) is 3.87. The van der Waals surface area contributed by atoms with Crippen molar-refractivity contribution < 1.29 is 9.53 Å². The molecule has 0 bridgehead atoms. The molecule has 1 fully saturated rings. The lowest BCUT2D eigenvalue weighted by Gasteiger charge is -2.24. The maximum Gasteiger partial charge on any atom is 0.407 e. The van der Waals surface area contributed by atoms with E-state index < -0.39 is 5.54 Å². The van der Waals surface area contributed by atoms with Crippen LogP contribution in [0.5, 0.6) is 0 Å².